The average Bonchev–Trinajstić information content (AvgIpc) is 2.29. The molecule has 0 aliphatic heterocycles. The van der Waals surface area contributed by atoms with E-state index < -0.39 is 50.8 Å². The molecule has 19 heavy (non-hydrogen) atoms. The van der Waals surface area contributed by atoms with E-state index in [0.717, 1.165) is 0 Å². The largest absolute Gasteiger partial charge is 0.500 e. The molecule has 0 aromatic heterocycles. The first-order valence-electron chi connectivity index (χ1n) is 4.73. The molecule has 12 heteroatoms. The molecule has 0 spiro atoms. The van der Waals surface area contributed by atoms with Crippen molar-refractivity contribution in [1.29, 1.82) is 0 Å². The van der Waals surface area contributed by atoms with Gasteiger partial charge in [0.25, 0.3) is 9.84 Å². The summed E-state index contributed by atoms with van der Waals surface area (Å²) in [5.74, 6) is 0. The van der Waals surface area contributed by atoms with Crippen LogP contribution in [-0.2, 0) is 9.84 Å². The van der Waals surface area contributed by atoms with Crippen molar-refractivity contribution >= 4 is 9.84 Å². The Morgan fingerprint density at radius 3 is 1.42 bits per heavy atom. The zero-order chi connectivity index (χ0) is 15.4. The Labute approximate surface area is 104 Å². The smallest absolute Gasteiger partial charge is 0.387 e. The molecule has 0 heterocycles. The Bertz CT molecular complexity index is 432. The van der Waals surface area contributed by atoms with Crippen molar-refractivity contribution in [3.63, 3.8) is 0 Å². The molecule has 0 amide bonds. The van der Waals surface area contributed by atoms with Crippen LogP contribution < -0.4 is 0 Å². The van der Waals surface area contributed by atoms with Gasteiger partial charge >= 0.3 is 5.51 Å². The summed E-state index contributed by atoms with van der Waals surface area (Å²) < 4.78 is 59.4. The molecule has 8 nitrogen and oxygen atoms in total. The summed E-state index contributed by atoms with van der Waals surface area (Å²) in [6.45, 7) is 0. The number of rotatable bonds is 1. The van der Waals surface area contributed by atoms with Crippen LogP contribution in [0.5, 0.6) is 0 Å². The fraction of sp³-hybridized carbons (Fsp3) is 1.00. The van der Waals surface area contributed by atoms with E-state index in [1.165, 1.54) is 0 Å². The number of hydrogen-bond donors (Lipinski definition) is 6. The van der Waals surface area contributed by atoms with E-state index in [4.69, 9.17) is 15.3 Å². The summed E-state index contributed by atoms with van der Waals surface area (Å²) in [7, 11) is -6.56. The van der Waals surface area contributed by atoms with E-state index in [1.807, 2.05) is 0 Å². The standard InChI is InChI=1S/C7H11F3O8S/c8-7(9,10)19(17,18)6(16)4(14)2(12)1(11)3(13)5(6)15/h1-5,11-16H/t1?,2-,3+,4-,5-,6?/m1/s1. The lowest BCUT2D eigenvalue weighted by molar-refractivity contribution is -0.241. The Morgan fingerprint density at radius 1 is 0.842 bits per heavy atom. The molecule has 0 saturated heterocycles. The normalized spacial score (nSPS) is 45.2. The maximum absolute atomic E-state index is 12.4. The monoisotopic (exact) mass is 312 g/mol. The summed E-state index contributed by atoms with van der Waals surface area (Å²) in [4.78, 5) is -4.30. The molecule has 0 aromatic carbocycles. The third-order valence-electron chi connectivity index (χ3n) is 2.93. The van der Waals surface area contributed by atoms with Gasteiger partial charge in [-0.05, 0) is 0 Å². The molecular weight excluding hydrogens is 301 g/mol. The summed E-state index contributed by atoms with van der Waals surface area (Å²) >= 11 is 0. The van der Waals surface area contributed by atoms with Crippen molar-refractivity contribution in [2.24, 2.45) is 0 Å². The van der Waals surface area contributed by atoms with Crippen LogP contribution in [0.15, 0.2) is 0 Å². The van der Waals surface area contributed by atoms with Gasteiger partial charge in [0.1, 0.15) is 30.5 Å². The fourth-order valence-corrected chi connectivity index (χ4v) is 3.03. The van der Waals surface area contributed by atoms with E-state index >= 15 is 0 Å². The second-order valence-electron chi connectivity index (χ2n) is 4.06. The molecule has 0 aromatic rings. The molecule has 2 unspecified atom stereocenters. The molecule has 1 rings (SSSR count). The van der Waals surface area contributed by atoms with Crippen molar-refractivity contribution in [3.8, 4) is 0 Å². The number of sulfone groups is 1. The minimum absolute atomic E-state index is 2.34. The van der Waals surface area contributed by atoms with Gasteiger partial charge in [0.2, 0.25) is 4.93 Å². The summed E-state index contributed by atoms with van der Waals surface area (Å²) in [5, 5.41) is 55.3. The highest BCUT2D eigenvalue weighted by Gasteiger charge is 2.71. The topological polar surface area (TPSA) is 156 Å². The van der Waals surface area contributed by atoms with Crippen molar-refractivity contribution in [2.45, 2.75) is 41.0 Å². The van der Waals surface area contributed by atoms with E-state index in [0.29, 0.717) is 0 Å². The van der Waals surface area contributed by atoms with E-state index in [9.17, 15) is 36.9 Å². The van der Waals surface area contributed by atoms with Gasteiger partial charge in [0, 0.05) is 0 Å². The third kappa shape index (κ3) is 2.03. The van der Waals surface area contributed by atoms with Crippen molar-refractivity contribution < 1.29 is 52.2 Å². The number of halogens is 3. The lowest BCUT2D eigenvalue weighted by atomic mass is 9.84. The van der Waals surface area contributed by atoms with Crippen LogP contribution in [0, 0.1) is 0 Å². The number of hydrogen-bond acceptors (Lipinski definition) is 8. The highest BCUT2D eigenvalue weighted by molar-refractivity contribution is 7.93. The zero-order valence-electron chi connectivity index (χ0n) is 8.93. The van der Waals surface area contributed by atoms with E-state index in [1.54, 1.807) is 0 Å². The third-order valence-corrected chi connectivity index (χ3v) is 4.88. The molecular formula is C7H11F3O8S. The first kappa shape index (κ1) is 16.6. The number of aliphatic hydroxyl groups excluding tert-OH is 5. The maximum Gasteiger partial charge on any atom is 0.500 e. The average molecular weight is 312 g/mol. The number of aliphatic hydroxyl groups is 6. The zero-order valence-corrected chi connectivity index (χ0v) is 9.75. The van der Waals surface area contributed by atoms with Gasteiger partial charge in [-0.2, -0.15) is 13.2 Å². The SMILES string of the molecule is O=S(=O)(C(F)(F)F)C1(O)[C@H](O)[C@H](O)C(O)[C@H](O)[C@H]1O. The van der Waals surface area contributed by atoms with Crippen LogP contribution in [0.3, 0.4) is 0 Å². The van der Waals surface area contributed by atoms with Gasteiger partial charge in [0.15, 0.2) is 0 Å². The van der Waals surface area contributed by atoms with Crippen LogP contribution in [-0.4, -0.2) is 80.0 Å². The van der Waals surface area contributed by atoms with Gasteiger partial charge in [-0.15, -0.1) is 0 Å². The van der Waals surface area contributed by atoms with Crippen LogP contribution in [0.2, 0.25) is 0 Å². The lowest BCUT2D eigenvalue weighted by Gasteiger charge is -2.46. The van der Waals surface area contributed by atoms with Gasteiger partial charge in [-0.3, -0.25) is 0 Å². The molecule has 0 bridgehead atoms. The predicted octanol–water partition coefficient (Wildman–Crippen LogP) is -3.57. The fourth-order valence-electron chi connectivity index (χ4n) is 1.74. The van der Waals surface area contributed by atoms with Gasteiger partial charge < -0.3 is 30.6 Å². The summed E-state index contributed by atoms with van der Waals surface area (Å²) in [6, 6.07) is 0. The second kappa shape index (κ2) is 4.51. The van der Waals surface area contributed by atoms with E-state index in [-0.39, 0.29) is 0 Å². The summed E-state index contributed by atoms with van der Waals surface area (Å²) in [5.41, 5.74) is -6.06. The predicted molar refractivity (Wildman–Crippen MR) is 50.0 cm³/mol. The van der Waals surface area contributed by atoms with Crippen LogP contribution in [0.4, 0.5) is 13.2 Å². The van der Waals surface area contributed by atoms with Crippen molar-refractivity contribution in [1.82, 2.24) is 0 Å². The summed E-state index contributed by atoms with van der Waals surface area (Å²) in [6.07, 6.45) is -13.7. The van der Waals surface area contributed by atoms with Crippen LogP contribution in [0.1, 0.15) is 0 Å². The van der Waals surface area contributed by atoms with Crippen LogP contribution in [0.25, 0.3) is 0 Å². The maximum atomic E-state index is 12.4. The molecule has 6 atom stereocenters. The molecule has 1 fully saturated rings. The van der Waals surface area contributed by atoms with Crippen LogP contribution >= 0.6 is 0 Å². The second-order valence-corrected chi connectivity index (χ2v) is 6.19. The first-order valence-corrected chi connectivity index (χ1v) is 6.22. The van der Waals surface area contributed by atoms with Gasteiger partial charge in [0.05, 0.1) is 0 Å². The quantitative estimate of drug-likeness (QED) is 0.290. The minimum atomic E-state index is -6.56. The molecule has 1 aliphatic carbocycles. The van der Waals surface area contributed by atoms with Gasteiger partial charge in [-0.1, -0.05) is 0 Å². The lowest BCUT2D eigenvalue weighted by Crippen LogP contribution is -2.74. The molecule has 1 saturated carbocycles. The molecule has 6 N–H and O–H groups in total. The molecule has 1 aliphatic rings. The number of alkyl halides is 3. The highest BCUT2D eigenvalue weighted by Crippen LogP contribution is 2.41. The minimum Gasteiger partial charge on any atom is -0.387 e. The molecule has 114 valence electrons. The highest BCUT2D eigenvalue weighted by atomic mass is 32.2. The van der Waals surface area contributed by atoms with Crippen molar-refractivity contribution in [2.75, 3.05) is 0 Å². The first-order chi connectivity index (χ1) is 8.30. The Hall–Kier alpha value is -0.500. The van der Waals surface area contributed by atoms with Crippen molar-refractivity contribution in [3.05, 3.63) is 0 Å². The van der Waals surface area contributed by atoms with Gasteiger partial charge in [-0.25, -0.2) is 8.42 Å². The molecule has 0 radical (unpaired) electrons. The Morgan fingerprint density at radius 2 is 1.16 bits per heavy atom. The Balaban J connectivity index is 3.45. The Kier molecular flexibility index (Phi) is 3.93. The van der Waals surface area contributed by atoms with E-state index in [2.05, 4.69) is 0 Å².